The number of carbonyl (C=O) groups excluding carboxylic acids is 1. The summed E-state index contributed by atoms with van der Waals surface area (Å²) in [6.07, 6.45) is 5.41. The standard InChI is InChI=1S/C15H21N3O3S/c1-12-9-18(22(2,20)21)11-15(12)5-7-17(14(15)19)10-13-4-3-6-16-8-13/h3-4,6,8,12H,5,7,9-11H2,1-2H3/t12-,15-/m1/s1. The van der Waals surface area contributed by atoms with Crippen LogP contribution in [0.25, 0.3) is 0 Å². The molecule has 120 valence electrons. The molecule has 0 saturated carbocycles. The Labute approximate surface area is 131 Å². The van der Waals surface area contributed by atoms with Gasteiger partial charge >= 0.3 is 0 Å². The van der Waals surface area contributed by atoms with E-state index < -0.39 is 15.4 Å². The number of amides is 1. The fourth-order valence-corrected chi connectivity index (χ4v) is 4.55. The van der Waals surface area contributed by atoms with E-state index in [1.165, 1.54) is 10.6 Å². The molecule has 2 fully saturated rings. The average Bonchev–Trinajstić information content (AvgIpc) is 2.96. The summed E-state index contributed by atoms with van der Waals surface area (Å²) >= 11 is 0. The molecule has 2 atom stereocenters. The van der Waals surface area contributed by atoms with E-state index in [2.05, 4.69) is 4.98 Å². The van der Waals surface area contributed by atoms with Gasteiger partial charge in [-0.3, -0.25) is 9.78 Å². The minimum atomic E-state index is -3.25. The molecule has 22 heavy (non-hydrogen) atoms. The van der Waals surface area contributed by atoms with Gasteiger partial charge in [0, 0.05) is 38.6 Å². The SMILES string of the molecule is C[C@@H]1CN(S(C)(=O)=O)C[C@]12CCN(Cc1cccnc1)C2=O. The maximum absolute atomic E-state index is 12.9. The van der Waals surface area contributed by atoms with Crippen molar-refractivity contribution in [1.29, 1.82) is 0 Å². The van der Waals surface area contributed by atoms with Crippen LogP contribution in [0.15, 0.2) is 24.5 Å². The smallest absolute Gasteiger partial charge is 0.230 e. The summed E-state index contributed by atoms with van der Waals surface area (Å²) in [5.41, 5.74) is 0.448. The molecule has 2 saturated heterocycles. The van der Waals surface area contributed by atoms with Crippen LogP contribution in [0, 0.1) is 11.3 Å². The first-order chi connectivity index (χ1) is 10.3. The topological polar surface area (TPSA) is 70.6 Å². The molecule has 7 heteroatoms. The Morgan fingerprint density at radius 2 is 2.23 bits per heavy atom. The van der Waals surface area contributed by atoms with Gasteiger partial charge in [0.2, 0.25) is 15.9 Å². The zero-order valence-electron chi connectivity index (χ0n) is 12.9. The highest BCUT2D eigenvalue weighted by Crippen LogP contribution is 2.45. The maximum Gasteiger partial charge on any atom is 0.230 e. The van der Waals surface area contributed by atoms with Gasteiger partial charge < -0.3 is 4.90 Å². The summed E-state index contributed by atoms with van der Waals surface area (Å²) < 4.78 is 25.0. The molecular weight excluding hydrogens is 302 g/mol. The van der Waals surface area contributed by atoms with Crippen LogP contribution in [0.5, 0.6) is 0 Å². The highest BCUT2D eigenvalue weighted by Gasteiger charge is 2.56. The summed E-state index contributed by atoms with van der Waals surface area (Å²) in [5.74, 6) is 0.128. The second-order valence-corrected chi connectivity index (χ2v) is 8.43. The number of hydrogen-bond acceptors (Lipinski definition) is 4. The maximum atomic E-state index is 12.9. The molecule has 3 rings (SSSR count). The third kappa shape index (κ3) is 2.52. The molecule has 1 aromatic rings. The first-order valence-corrected chi connectivity index (χ1v) is 9.31. The summed E-state index contributed by atoms with van der Waals surface area (Å²) in [6.45, 7) is 3.95. The predicted molar refractivity (Wildman–Crippen MR) is 82.3 cm³/mol. The van der Waals surface area contributed by atoms with Gasteiger partial charge in [-0.2, -0.15) is 0 Å². The van der Waals surface area contributed by atoms with Crippen LogP contribution in [0.3, 0.4) is 0 Å². The summed E-state index contributed by atoms with van der Waals surface area (Å²) in [7, 11) is -3.25. The molecule has 0 aromatic carbocycles. The molecule has 2 aliphatic heterocycles. The second-order valence-electron chi connectivity index (χ2n) is 6.45. The average molecular weight is 323 g/mol. The Morgan fingerprint density at radius 3 is 2.82 bits per heavy atom. The molecular formula is C15H21N3O3S. The van der Waals surface area contributed by atoms with Crippen molar-refractivity contribution in [1.82, 2.24) is 14.2 Å². The normalized spacial score (nSPS) is 29.6. The van der Waals surface area contributed by atoms with Gasteiger partial charge in [-0.15, -0.1) is 0 Å². The van der Waals surface area contributed by atoms with E-state index in [0.29, 0.717) is 26.2 Å². The molecule has 6 nitrogen and oxygen atoms in total. The van der Waals surface area contributed by atoms with Gasteiger partial charge in [0.05, 0.1) is 11.7 Å². The van der Waals surface area contributed by atoms with Crippen molar-refractivity contribution in [3.05, 3.63) is 30.1 Å². The Kier molecular flexibility index (Phi) is 3.72. The molecule has 0 N–H and O–H groups in total. The summed E-state index contributed by atoms with van der Waals surface area (Å²) in [5, 5.41) is 0. The number of rotatable bonds is 3. The van der Waals surface area contributed by atoms with E-state index in [1.807, 2.05) is 24.0 Å². The van der Waals surface area contributed by atoms with Crippen LogP contribution in [0.2, 0.25) is 0 Å². The third-order valence-electron chi connectivity index (χ3n) is 4.99. The lowest BCUT2D eigenvalue weighted by Crippen LogP contribution is -2.40. The highest BCUT2D eigenvalue weighted by molar-refractivity contribution is 7.88. The fourth-order valence-electron chi connectivity index (χ4n) is 3.59. The van der Waals surface area contributed by atoms with Gasteiger partial charge in [-0.25, -0.2) is 12.7 Å². The largest absolute Gasteiger partial charge is 0.338 e. The lowest BCUT2D eigenvalue weighted by Gasteiger charge is -2.26. The number of likely N-dealkylation sites (tertiary alicyclic amines) is 1. The van der Waals surface area contributed by atoms with E-state index in [-0.39, 0.29) is 11.8 Å². The molecule has 2 aliphatic rings. The van der Waals surface area contributed by atoms with E-state index in [9.17, 15) is 13.2 Å². The number of nitrogens with zero attached hydrogens (tertiary/aromatic N) is 3. The van der Waals surface area contributed by atoms with E-state index in [4.69, 9.17) is 0 Å². The molecule has 0 radical (unpaired) electrons. The number of aromatic nitrogens is 1. The third-order valence-corrected chi connectivity index (χ3v) is 6.20. The Hall–Kier alpha value is -1.47. The lowest BCUT2D eigenvalue weighted by atomic mass is 9.78. The van der Waals surface area contributed by atoms with Crippen LogP contribution < -0.4 is 0 Å². The molecule has 1 aromatic heterocycles. The number of sulfonamides is 1. The molecule has 1 spiro atoms. The van der Waals surface area contributed by atoms with E-state index in [0.717, 1.165) is 12.0 Å². The van der Waals surface area contributed by atoms with Gasteiger partial charge in [0.1, 0.15) is 0 Å². The molecule has 1 amide bonds. The monoisotopic (exact) mass is 323 g/mol. The highest BCUT2D eigenvalue weighted by atomic mass is 32.2. The van der Waals surface area contributed by atoms with E-state index >= 15 is 0 Å². The lowest BCUT2D eigenvalue weighted by molar-refractivity contribution is -0.137. The van der Waals surface area contributed by atoms with Gasteiger partial charge in [-0.1, -0.05) is 13.0 Å². The van der Waals surface area contributed by atoms with Crippen LogP contribution in [0.1, 0.15) is 18.9 Å². The van der Waals surface area contributed by atoms with Crippen LogP contribution in [0.4, 0.5) is 0 Å². The molecule has 0 aliphatic carbocycles. The summed E-state index contributed by atoms with van der Waals surface area (Å²) in [6, 6.07) is 3.81. The second kappa shape index (κ2) is 5.31. The Bertz CT molecular complexity index is 677. The zero-order valence-corrected chi connectivity index (χ0v) is 13.7. The zero-order chi connectivity index (χ0) is 16.0. The van der Waals surface area contributed by atoms with Crippen molar-refractivity contribution in [2.75, 3.05) is 25.9 Å². The van der Waals surface area contributed by atoms with Gasteiger partial charge in [0.25, 0.3) is 0 Å². The van der Waals surface area contributed by atoms with Crippen molar-refractivity contribution in [2.24, 2.45) is 11.3 Å². The van der Waals surface area contributed by atoms with Crippen molar-refractivity contribution in [3.8, 4) is 0 Å². The molecule has 0 unspecified atom stereocenters. The fraction of sp³-hybridized carbons (Fsp3) is 0.600. The van der Waals surface area contributed by atoms with Crippen LogP contribution >= 0.6 is 0 Å². The van der Waals surface area contributed by atoms with Crippen LogP contribution in [-0.4, -0.2) is 54.4 Å². The van der Waals surface area contributed by atoms with Gasteiger partial charge in [0.15, 0.2) is 0 Å². The van der Waals surface area contributed by atoms with E-state index in [1.54, 1.807) is 12.4 Å². The first-order valence-electron chi connectivity index (χ1n) is 7.46. The van der Waals surface area contributed by atoms with Crippen LogP contribution in [-0.2, 0) is 21.4 Å². The predicted octanol–water partition coefficient (Wildman–Crippen LogP) is 0.712. The quantitative estimate of drug-likeness (QED) is 0.821. The molecule has 3 heterocycles. The Morgan fingerprint density at radius 1 is 1.45 bits per heavy atom. The minimum absolute atomic E-state index is 0.0497. The van der Waals surface area contributed by atoms with Crippen molar-refractivity contribution >= 4 is 15.9 Å². The summed E-state index contributed by atoms with van der Waals surface area (Å²) in [4.78, 5) is 18.8. The first kappa shape index (κ1) is 15.4. The van der Waals surface area contributed by atoms with Crippen molar-refractivity contribution in [2.45, 2.75) is 19.9 Å². The van der Waals surface area contributed by atoms with Crippen molar-refractivity contribution < 1.29 is 13.2 Å². The number of hydrogen-bond donors (Lipinski definition) is 0. The Balaban J connectivity index is 1.78. The van der Waals surface area contributed by atoms with Gasteiger partial charge in [-0.05, 0) is 24.0 Å². The molecule has 0 bridgehead atoms. The number of pyridine rings is 1. The van der Waals surface area contributed by atoms with Crippen molar-refractivity contribution in [3.63, 3.8) is 0 Å². The minimum Gasteiger partial charge on any atom is -0.338 e. The number of carbonyl (C=O) groups is 1.